The first-order chi connectivity index (χ1) is 49.8. The van der Waals surface area contributed by atoms with Crippen LogP contribution in [0.25, 0.3) is 0 Å². The molecule has 0 aliphatic rings. The van der Waals surface area contributed by atoms with Crippen molar-refractivity contribution in [2.75, 3.05) is 39.6 Å². The van der Waals surface area contributed by atoms with Gasteiger partial charge in [-0.05, 0) is 43.4 Å². The van der Waals surface area contributed by atoms with Crippen molar-refractivity contribution >= 4 is 39.5 Å². The molecule has 0 spiro atoms. The molecule has 0 aliphatic heterocycles. The molecule has 0 radical (unpaired) electrons. The van der Waals surface area contributed by atoms with E-state index in [-0.39, 0.29) is 25.7 Å². The quantitative estimate of drug-likeness (QED) is 0.0222. The number of unbranched alkanes of at least 4 members (excludes halogenated alkanes) is 48. The summed E-state index contributed by atoms with van der Waals surface area (Å²) in [4.78, 5) is 73.1. The summed E-state index contributed by atoms with van der Waals surface area (Å²) in [5.74, 6) is 0.385. The molecule has 7 atom stereocenters. The van der Waals surface area contributed by atoms with Crippen LogP contribution in [0.5, 0.6) is 0 Å². The van der Waals surface area contributed by atoms with Gasteiger partial charge in [0.1, 0.15) is 19.3 Å². The van der Waals surface area contributed by atoms with Crippen molar-refractivity contribution in [3.63, 3.8) is 0 Å². The summed E-state index contributed by atoms with van der Waals surface area (Å²) >= 11 is 0. The molecule has 612 valence electrons. The highest BCUT2D eigenvalue weighted by Gasteiger charge is 2.30. The lowest BCUT2D eigenvalue weighted by atomic mass is 9.99. The van der Waals surface area contributed by atoms with Gasteiger partial charge in [0.2, 0.25) is 0 Å². The van der Waals surface area contributed by atoms with E-state index in [9.17, 15) is 43.2 Å². The number of aliphatic hydroxyl groups is 1. The second kappa shape index (κ2) is 74.2. The SMILES string of the molecule is CCCCCCCCCCCCC(=O)OC[C@H](COP(=O)(O)OC[C@H](O)COP(=O)(O)OC[C@@H](COC(=O)CCCCCCCCCCCCCCCCC(C)CC)OC(=O)CCCCCCCCCCCCCCCCC(C)CC)OC(=O)CCCCCCCCCCCCCCCCC(C)C. The number of phosphoric ester groups is 2. The van der Waals surface area contributed by atoms with Crippen LogP contribution in [-0.4, -0.2) is 96.7 Å². The molecule has 0 aliphatic carbocycles. The molecule has 103 heavy (non-hydrogen) atoms. The lowest BCUT2D eigenvalue weighted by Crippen LogP contribution is -2.30. The van der Waals surface area contributed by atoms with Gasteiger partial charge in [-0.25, -0.2) is 9.13 Å². The van der Waals surface area contributed by atoms with E-state index >= 15 is 0 Å². The zero-order chi connectivity index (χ0) is 75.8. The summed E-state index contributed by atoms with van der Waals surface area (Å²) in [7, 11) is -9.93. The fraction of sp³-hybridized carbons (Fsp3) is 0.952. The Morgan fingerprint density at radius 2 is 0.495 bits per heavy atom. The van der Waals surface area contributed by atoms with Gasteiger partial charge in [-0.3, -0.25) is 37.3 Å². The van der Waals surface area contributed by atoms with E-state index in [1.807, 2.05) is 0 Å². The van der Waals surface area contributed by atoms with E-state index in [2.05, 4.69) is 48.5 Å². The average molecular weight is 1510 g/mol. The first kappa shape index (κ1) is 101. The van der Waals surface area contributed by atoms with E-state index in [1.54, 1.807) is 0 Å². The van der Waals surface area contributed by atoms with Gasteiger partial charge in [-0.2, -0.15) is 0 Å². The normalized spacial score (nSPS) is 14.4. The van der Waals surface area contributed by atoms with E-state index < -0.39 is 97.5 Å². The van der Waals surface area contributed by atoms with Crippen molar-refractivity contribution in [2.45, 2.75) is 458 Å². The standard InChI is InChI=1S/C84H164O17P2/c1-8-11-12-13-14-15-37-44-51-58-65-81(86)94-71-79(100-83(88)67-60-53-46-39-32-26-19-16-22-28-34-41-48-55-62-75(4)5)73-98-102(90,91)96-69-78(85)70-97-103(92,93)99-74-80(101-84(89)68-61-54-47-40-33-27-21-18-24-30-36-43-50-57-64-77(7)10-3)72-95-82(87)66-59-52-45-38-31-25-20-17-23-29-35-42-49-56-63-76(6)9-2/h75-80,85H,8-74H2,1-7H3,(H,90,91)(H,92,93)/t76?,77?,78-,79+,80+/m0/s1. The number of phosphoric acid groups is 2. The number of hydrogen-bond acceptors (Lipinski definition) is 15. The fourth-order valence-electron chi connectivity index (χ4n) is 13.0. The van der Waals surface area contributed by atoms with Crippen molar-refractivity contribution in [3.05, 3.63) is 0 Å². The van der Waals surface area contributed by atoms with Gasteiger partial charge in [-0.1, -0.05) is 389 Å². The second-order valence-electron chi connectivity index (χ2n) is 31.2. The monoisotopic (exact) mass is 1510 g/mol. The first-order valence-corrected chi connectivity index (χ1v) is 46.4. The number of aliphatic hydroxyl groups excluding tert-OH is 1. The van der Waals surface area contributed by atoms with Gasteiger partial charge in [0, 0.05) is 25.7 Å². The minimum absolute atomic E-state index is 0.108. The lowest BCUT2D eigenvalue weighted by molar-refractivity contribution is -0.161. The third kappa shape index (κ3) is 75.3. The predicted octanol–water partition coefficient (Wildman–Crippen LogP) is 25.3. The number of esters is 4. The minimum Gasteiger partial charge on any atom is -0.462 e. The molecule has 0 aromatic heterocycles. The van der Waals surface area contributed by atoms with Gasteiger partial charge >= 0.3 is 39.5 Å². The van der Waals surface area contributed by atoms with Crippen LogP contribution in [0.15, 0.2) is 0 Å². The number of carbonyl (C=O) groups is 4. The highest BCUT2D eigenvalue weighted by Crippen LogP contribution is 2.45. The third-order valence-corrected chi connectivity index (χ3v) is 22.3. The Balaban J connectivity index is 5.25. The summed E-state index contributed by atoms with van der Waals surface area (Å²) < 4.78 is 68.8. The molecule has 0 amide bonds. The minimum atomic E-state index is -4.96. The highest BCUT2D eigenvalue weighted by atomic mass is 31.2. The van der Waals surface area contributed by atoms with Gasteiger partial charge in [0.25, 0.3) is 0 Å². The Morgan fingerprint density at radius 1 is 0.282 bits per heavy atom. The largest absolute Gasteiger partial charge is 0.472 e. The highest BCUT2D eigenvalue weighted by molar-refractivity contribution is 7.47. The Morgan fingerprint density at radius 3 is 0.738 bits per heavy atom. The zero-order valence-electron chi connectivity index (χ0n) is 67.8. The third-order valence-electron chi connectivity index (χ3n) is 20.4. The summed E-state index contributed by atoms with van der Waals surface area (Å²) in [6.07, 6.45) is 63.6. The molecule has 0 saturated heterocycles. The van der Waals surface area contributed by atoms with Gasteiger partial charge < -0.3 is 33.8 Å². The van der Waals surface area contributed by atoms with Gasteiger partial charge in [-0.15, -0.1) is 0 Å². The number of hydrogen-bond donors (Lipinski definition) is 3. The smallest absolute Gasteiger partial charge is 0.462 e. The summed E-state index contributed by atoms with van der Waals surface area (Å²) in [6.45, 7) is 12.1. The van der Waals surface area contributed by atoms with E-state index in [0.717, 1.165) is 108 Å². The summed E-state index contributed by atoms with van der Waals surface area (Å²) in [5, 5.41) is 10.7. The van der Waals surface area contributed by atoms with Crippen LogP contribution in [0.3, 0.4) is 0 Å². The second-order valence-corrected chi connectivity index (χ2v) is 34.1. The van der Waals surface area contributed by atoms with Gasteiger partial charge in [0.15, 0.2) is 12.2 Å². The molecule has 0 bridgehead atoms. The molecule has 0 rings (SSSR count). The van der Waals surface area contributed by atoms with Crippen LogP contribution in [0.2, 0.25) is 0 Å². The zero-order valence-corrected chi connectivity index (χ0v) is 69.6. The van der Waals surface area contributed by atoms with Crippen LogP contribution in [0.4, 0.5) is 0 Å². The molecule has 0 heterocycles. The van der Waals surface area contributed by atoms with Crippen molar-refractivity contribution in [2.24, 2.45) is 17.8 Å². The van der Waals surface area contributed by atoms with Crippen molar-refractivity contribution in [1.29, 1.82) is 0 Å². The molecule has 0 fully saturated rings. The predicted molar refractivity (Wildman–Crippen MR) is 423 cm³/mol. The maximum Gasteiger partial charge on any atom is 0.472 e. The van der Waals surface area contributed by atoms with Crippen molar-refractivity contribution < 1.29 is 80.2 Å². The van der Waals surface area contributed by atoms with Crippen LogP contribution in [-0.2, 0) is 65.4 Å². The van der Waals surface area contributed by atoms with Crippen LogP contribution in [0, 0.1) is 17.8 Å². The number of carbonyl (C=O) groups excluding carboxylic acids is 4. The molecule has 0 saturated carbocycles. The van der Waals surface area contributed by atoms with Crippen molar-refractivity contribution in [1.82, 2.24) is 0 Å². The van der Waals surface area contributed by atoms with E-state index in [1.165, 1.54) is 250 Å². The van der Waals surface area contributed by atoms with Crippen LogP contribution >= 0.6 is 15.6 Å². The first-order valence-electron chi connectivity index (χ1n) is 43.4. The fourth-order valence-corrected chi connectivity index (χ4v) is 14.5. The van der Waals surface area contributed by atoms with Crippen LogP contribution < -0.4 is 0 Å². The maximum atomic E-state index is 13.1. The average Bonchev–Trinajstić information content (AvgIpc) is 0.937. The number of rotatable bonds is 82. The Kier molecular flexibility index (Phi) is 72.8. The van der Waals surface area contributed by atoms with Crippen molar-refractivity contribution in [3.8, 4) is 0 Å². The lowest BCUT2D eigenvalue weighted by Gasteiger charge is -2.21. The summed E-state index contributed by atoms with van der Waals surface area (Å²) in [6, 6.07) is 0. The molecule has 3 N–H and O–H groups in total. The van der Waals surface area contributed by atoms with E-state index in [4.69, 9.17) is 37.0 Å². The molecule has 0 aromatic rings. The molecule has 0 aromatic carbocycles. The molecule has 17 nitrogen and oxygen atoms in total. The summed E-state index contributed by atoms with van der Waals surface area (Å²) in [5.41, 5.74) is 0. The van der Waals surface area contributed by atoms with Gasteiger partial charge in [0.05, 0.1) is 26.4 Å². The Labute approximate surface area is 632 Å². The topological polar surface area (TPSA) is 237 Å². The maximum absolute atomic E-state index is 13.1. The Bertz CT molecular complexity index is 2000. The Hall–Kier alpha value is -1.94. The van der Waals surface area contributed by atoms with E-state index in [0.29, 0.717) is 25.7 Å². The molecule has 4 unspecified atom stereocenters. The number of ether oxygens (including phenoxy) is 4. The molecular formula is C84H164O17P2. The molecular weight excluding hydrogens is 1340 g/mol. The van der Waals surface area contributed by atoms with Crippen LogP contribution in [0.1, 0.15) is 440 Å². The molecule has 19 heteroatoms.